The Labute approximate surface area is 166 Å². The highest BCUT2D eigenvalue weighted by atomic mass is 32.1. The second-order valence-corrected chi connectivity index (χ2v) is 8.21. The van der Waals surface area contributed by atoms with E-state index in [0.717, 1.165) is 45.2 Å². The Morgan fingerprint density at radius 3 is 2.93 bits per heavy atom. The van der Waals surface area contributed by atoms with Gasteiger partial charge in [-0.2, -0.15) is 0 Å². The topological polar surface area (TPSA) is 69.9 Å². The number of hydrogen-bond donors (Lipinski definition) is 0. The molecule has 144 valence electrons. The van der Waals surface area contributed by atoms with Crippen LogP contribution in [0, 0.1) is 0 Å². The largest absolute Gasteiger partial charge is 0.464 e. The minimum absolute atomic E-state index is 0.0302. The fraction of sp³-hybridized carbons (Fsp3) is 0.350. The summed E-state index contributed by atoms with van der Waals surface area (Å²) >= 11 is 1.56. The number of carbonyl (C=O) groups excluding carboxylic acids is 2. The Bertz CT molecular complexity index is 1100. The first-order chi connectivity index (χ1) is 13.6. The van der Waals surface area contributed by atoms with Crippen molar-refractivity contribution in [3.8, 4) is 0 Å². The summed E-state index contributed by atoms with van der Waals surface area (Å²) in [6.45, 7) is 4.08. The van der Waals surface area contributed by atoms with Crippen molar-refractivity contribution in [2.45, 2.75) is 19.9 Å². The molecular weight excluding hydrogens is 376 g/mol. The highest BCUT2D eigenvalue weighted by Gasteiger charge is 2.36. The lowest BCUT2D eigenvalue weighted by molar-refractivity contribution is -0.118. The minimum atomic E-state index is -0.0553. The first-order valence-electron chi connectivity index (χ1n) is 9.36. The van der Waals surface area contributed by atoms with Gasteiger partial charge in [-0.15, -0.1) is 11.3 Å². The van der Waals surface area contributed by atoms with Gasteiger partial charge in [0.05, 0.1) is 23.8 Å². The van der Waals surface area contributed by atoms with E-state index < -0.39 is 0 Å². The quantitative estimate of drug-likeness (QED) is 0.666. The van der Waals surface area contributed by atoms with Crippen LogP contribution in [0.15, 0.2) is 29.0 Å². The van der Waals surface area contributed by atoms with Crippen LogP contribution in [0.1, 0.15) is 27.7 Å². The van der Waals surface area contributed by atoms with Crippen molar-refractivity contribution in [1.29, 1.82) is 0 Å². The lowest BCUT2D eigenvalue weighted by atomic mass is 10.0. The van der Waals surface area contributed by atoms with Crippen LogP contribution >= 0.6 is 11.3 Å². The molecule has 0 fully saturated rings. The first-order valence-corrected chi connectivity index (χ1v) is 10.2. The molecule has 3 aromatic heterocycles. The van der Waals surface area contributed by atoms with E-state index in [1.807, 2.05) is 19.1 Å². The maximum absolute atomic E-state index is 13.0. The monoisotopic (exact) mass is 396 g/mol. The van der Waals surface area contributed by atoms with E-state index in [0.29, 0.717) is 18.7 Å². The average Bonchev–Trinajstić information content (AvgIpc) is 3.29. The van der Waals surface area contributed by atoms with Crippen LogP contribution in [0.5, 0.6) is 0 Å². The number of hydrogen-bond acceptors (Lipinski definition) is 6. The third kappa shape index (κ3) is 2.44. The maximum Gasteiger partial charge on any atom is 0.257 e. The Morgan fingerprint density at radius 1 is 1.25 bits per heavy atom. The van der Waals surface area contributed by atoms with Gasteiger partial charge in [0, 0.05) is 31.2 Å². The standard InChI is InChI=1S/C20H20N4O3S/c1-3-24-16(25)11-22(2)19(26)17-13-5-8-23(10-15(13)28-20(17)24)18-12-6-9-27-14(12)4-7-21-18/h4,6-7,9H,3,5,8,10-11H2,1-2H3. The number of fused-ring (bicyclic) bond motifs is 4. The fourth-order valence-corrected chi connectivity index (χ4v) is 5.53. The van der Waals surface area contributed by atoms with Gasteiger partial charge in [-0.05, 0) is 31.0 Å². The predicted octanol–water partition coefficient (Wildman–Crippen LogP) is 2.89. The number of nitrogens with zero attached hydrogens (tertiary/aromatic N) is 4. The van der Waals surface area contributed by atoms with Gasteiger partial charge in [0.2, 0.25) is 5.91 Å². The molecule has 0 spiro atoms. The lowest BCUT2D eigenvalue weighted by Gasteiger charge is -2.28. The molecule has 5 rings (SSSR count). The third-order valence-electron chi connectivity index (χ3n) is 5.49. The van der Waals surface area contributed by atoms with Crippen LogP contribution in [-0.4, -0.2) is 48.4 Å². The summed E-state index contributed by atoms with van der Waals surface area (Å²) in [5, 5.41) is 1.79. The van der Waals surface area contributed by atoms with Crippen LogP contribution in [-0.2, 0) is 17.8 Å². The number of carbonyl (C=O) groups is 2. The van der Waals surface area contributed by atoms with Gasteiger partial charge in [-0.3, -0.25) is 9.59 Å². The normalized spacial score (nSPS) is 17.1. The van der Waals surface area contributed by atoms with Gasteiger partial charge >= 0.3 is 0 Å². The number of furan rings is 1. The first kappa shape index (κ1) is 17.2. The third-order valence-corrected chi connectivity index (χ3v) is 6.73. The van der Waals surface area contributed by atoms with Gasteiger partial charge in [0.15, 0.2) is 0 Å². The summed E-state index contributed by atoms with van der Waals surface area (Å²) < 4.78 is 5.51. The molecule has 0 unspecified atom stereocenters. The Balaban J connectivity index is 1.58. The molecule has 3 aromatic rings. The van der Waals surface area contributed by atoms with Crippen molar-refractivity contribution in [1.82, 2.24) is 9.88 Å². The number of thiophene rings is 1. The summed E-state index contributed by atoms with van der Waals surface area (Å²) in [5.74, 6) is 0.810. The SMILES string of the molecule is CCN1C(=O)CN(C)C(=O)c2c1sc1c2CCN(c2nccc3occc23)C1. The van der Waals surface area contributed by atoms with Gasteiger partial charge in [0.1, 0.15) is 22.9 Å². The van der Waals surface area contributed by atoms with Gasteiger partial charge in [-0.1, -0.05) is 0 Å². The van der Waals surface area contributed by atoms with Crippen LogP contribution in [0.4, 0.5) is 10.8 Å². The fourth-order valence-electron chi connectivity index (χ4n) is 4.10. The highest BCUT2D eigenvalue weighted by Crippen LogP contribution is 2.42. The van der Waals surface area contributed by atoms with Crippen molar-refractivity contribution in [2.24, 2.45) is 0 Å². The summed E-state index contributed by atoms with van der Waals surface area (Å²) in [4.78, 5) is 36.8. The molecular formula is C20H20N4O3S. The molecule has 2 aliphatic rings. The van der Waals surface area contributed by atoms with Crippen molar-refractivity contribution < 1.29 is 14.0 Å². The van der Waals surface area contributed by atoms with E-state index >= 15 is 0 Å². The van der Waals surface area contributed by atoms with E-state index in [2.05, 4.69) is 9.88 Å². The number of amides is 2. The number of pyridine rings is 1. The van der Waals surface area contributed by atoms with E-state index in [4.69, 9.17) is 4.42 Å². The van der Waals surface area contributed by atoms with E-state index in [1.165, 1.54) is 4.90 Å². The van der Waals surface area contributed by atoms with E-state index in [1.54, 1.807) is 35.7 Å². The number of rotatable bonds is 2. The molecule has 2 aliphatic heterocycles. The number of anilines is 2. The van der Waals surface area contributed by atoms with E-state index in [9.17, 15) is 9.59 Å². The van der Waals surface area contributed by atoms with E-state index in [-0.39, 0.29) is 18.4 Å². The molecule has 8 heteroatoms. The molecule has 28 heavy (non-hydrogen) atoms. The van der Waals surface area contributed by atoms with Crippen molar-refractivity contribution in [2.75, 3.05) is 36.5 Å². The van der Waals surface area contributed by atoms with Crippen molar-refractivity contribution in [3.05, 3.63) is 40.6 Å². The molecule has 0 bridgehead atoms. The predicted molar refractivity (Wildman–Crippen MR) is 108 cm³/mol. The molecule has 0 aromatic carbocycles. The lowest BCUT2D eigenvalue weighted by Crippen LogP contribution is -2.37. The summed E-state index contributed by atoms with van der Waals surface area (Å²) in [6, 6.07) is 3.80. The van der Waals surface area contributed by atoms with Gasteiger partial charge in [0.25, 0.3) is 5.91 Å². The number of likely N-dealkylation sites (N-methyl/N-ethyl adjacent to an activating group) is 2. The molecule has 0 N–H and O–H groups in total. The average molecular weight is 396 g/mol. The molecule has 7 nitrogen and oxygen atoms in total. The zero-order valence-corrected chi connectivity index (χ0v) is 16.6. The summed E-state index contributed by atoms with van der Waals surface area (Å²) in [5.41, 5.74) is 2.61. The summed E-state index contributed by atoms with van der Waals surface area (Å²) in [7, 11) is 1.70. The van der Waals surface area contributed by atoms with Crippen molar-refractivity contribution in [3.63, 3.8) is 0 Å². The van der Waals surface area contributed by atoms with Gasteiger partial charge < -0.3 is 19.1 Å². The minimum Gasteiger partial charge on any atom is -0.464 e. The van der Waals surface area contributed by atoms with Crippen LogP contribution in [0.3, 0.4) is 0 Å². The second-order valence-electron chi connectivity index (χ2n) is 7.12. The number of aromatic nitrogens is 1. The van der Waals surface area contributed by atoms with Gasteiger partial charge in [-0.25, -0.2) is 4.98 Å². The van der Waals surface area contributed by atoms with Crippen molar-refractivity contribution >= 4 is 44.9 Å². The Morgan fingerprint density at radius 2 is 2.11 bits per heavy atom. The molecule has 0 saturated carbocycles. The zero-order valence-electron chi connectivity index (χ0n) is 15.8. The smallest absolute Gasteiger partial charge is 0.257 e. The Hall–Kier alpha value is -2.87. The van der Waals surface area contributed by atoms with Crippen LogP contribution in [0.2, 0.25) is 0 Å². The molecule has 2 amide bonds. The molecule has 0 saturated heterocycles. The molecule has 5 heterocycles. The zero-order chi connectivity index (χ0) is 19.4. The Kier molecular flexibility index (Phi) is 3.90. The highest BCUT2D eigenvalue weighted by molar-refractivity contribution is 7.17. The van der Waals surface area contributed by atoms with Crippen LogP contribution < -0.4 is 9.80 Å². The molecule has 0 radical (unpaired) electrons. The summed E-state index contributed by atoms with van der Waals surface area (Å²) in [6.07, 6.45) is 4.19. The van der Waals surface area contributed by atoms with Crippen LogP contribution in [0.25, 0.3) is 11.0 Å². The molecule has 0 aliphatic carbocycles. The maximum atomic E-state index is 13.0. The molecule has 0 atom stereocenters. The second kappa shape index (κ2) is 6.34.